The van der Waals surface area contributed by atoms with Gasteiger partial charge in [0, 0.05) is 48.1 Å². The summed E-state index contributed by atoms with van der Waals surface area (Å²) in [6, 6.07) is 5.47. The Morgan fingerprint density at radius 1 is 1.28 bits per heavy atom. The number of halogens is 2. The normalized spacial score (nSPS) is 24.5. The standard InChI is InChI=1S/C17H17F2N3O2S/c18-17(19)23-14-2-1-10(7-15(14)24-17)16-12-8-22(11-4-6-25-9-11)5-3-13(12)20-21-16/h1-2,7,11H,3-6,8-9H2,(H,20,21)/t11-/m0/s1. The Morgan fingerprint density at radius 3 is 3.00 bits per heavy atom. The Hall–Kier alpha value is -1.80. The van der Waals surface area contributed by atoms with Crippen LogP contribution in [-0.2, 0) is 13.0 Å². The van der Waals surface area contributed by atoms with Crippen LogP contribution in [0.25, 0.3) is 11.3 Å². The Balaban J connectivity index is 1.46. The highest BCUT2D eigenvalue weighted by Gasteiger charge is 2.43. The molecule has 2 aromatic rings. The summed E-state index contributed by atoms with van der Waals surface area (Å²) in [7, 11) is 0. The lowest BCUT2D eigenvalue weighted by Crippen LogP contribution is -2.39. The fourth-order valence-electron chi connectivity index (χ4n) is 3.77. The number of ether oxygens (including phenoxy) is 2. The van der Waals surface area contributed by atoms with E-state index in [9.17, 15) is 8.78 Å². The van der Waals surface area contributed by atoms with Crippen molar-refractivity contribution in [1.29, 1.82) is 0 Å². The molecule has 0 amide bonds. The minimum atomic E-state index is -3.59. The SMILES string of the molecule is FC1(F)Oc2ccc(-c3n[nH]c4c3CN([C@H]3CCSC3)CC4)cc2O1. The molecule has 5 nitrogen and oxygen atoms in total. The Bertz CT molecular complexity index is 820. The average Bonchev–Trinajstić information content (AvgIpc) is 3.30. The van der Waals surface area contributed by atoms with Gasteiger partial charge in [-0.2, -0.15) is 16.9 Å². The lowest BCUT2D eigenvalue weighted by Gasteiger charge is -2.31. The number of nitrogens with zero attached hydrogens (tertiary/aromatic N) is 2. The molecule has 3 aliphatic rings. The smallest absolute Gasteiger partial charge is 0.395 e. The number of nitrogens with one attached hydrogen (secondary N) is 1. The lowest BCUT2D eigenvalue weighted by atomic mass is 9.99. The van der Waals surface area contributed by atoms with Gasteiger partial charge in [0.05, 0.1) is 5.69 Å². The van der Waals surface area contributed by atoms with Crippen LogP contribution >= 0.6 is 11.8 Å². The van der Waals surface area contributed by atoms with Crippen molar-refractivity contribution >= 4 is 11.8 Å². The maximum Gasteiger partial charge on any atom is 0.586 e. The van der Waals surface area contributed by atoms with E-state index in [4.69, 9.17) is 0 Å². The zero-order chi connectivity index (χ0) is 17.0. The van der Waals surface area contributed by atoms with Crippen LogP contribution in [0.3, 0.4) is 0 Å². The Kier molecular flexibility index (Phi) is 3.46. The third-order valence-electron chi connectivity index (χ3n) is 5.06. The second-order valence-electron chi connectivity index (χ2n) is 6.60. The minimum absolute atomic E-state index is 0.0547. The van der Waals surface area contributed by atoms with E-state index >= 15 is 0 Å². The molecule has 0 spiro atoms. The first kappa shape index (κ1) is 15.5. The van der Waals surface area contributed by atoms with Crippen molar-refractivity contribution in [3.63, 3.8) is 0 Å². The summed E-state index contributed by atoms with van der Waals surface area (Å²) in [6.07, 6.45) is -1.43. The lowest BCUT2D eigenvalue weighted by molar-refractivity contribution is -0.286. The molecule has 8 heteroatoms. The molecule has 0 unspecified atom stereocenters. The monoisotopic (exact) mass is 365 g/mol. The van der Waals surface area contributed by atoms with Crippen molar-refractivity contribution in [1.82, 2.24) is 15.1 Å². The van der Waals surface area contributed by atoms with Crippen LogP contribution < -0.4 is 9.47 Å². The van der Waals surface area contributed by atoms with Gasteiger partial charge >= 0.3 is 6.29 Å². The molecule has 1 fully saturated rings. The summed E-state index contributed by atoms with van der Waals surface area (Å²) in [5.74, 6) is 2.52. The van der Waals surface area contributed by atoms with Crippen molar-refractivity contribution in [3.05, 3.63) is 29.5 Å². The van der Waals surface area contributed by atoms with Gasteiger partial charge in [-0.15, -0.1) is 8.78 Å². The Morgan fingerprint density at radius 2 is 2.16 bits per heavy atom. The van der Waals surface area contributed by atoms with Crippen molar-refractivity contribution in [2.75, 3.05) is 18.1 Å². The molecule has 3 aliphatic heterocycles. The summed E-state index contributed by atoms with van der Waals surface area (Å²) < 4.78 is 35.5. The summed E-state index contributed by atoms with van der Waals surface area (Å²) in [4.78, 5) is 2.52. The number of benzene rings is 1. The van der Waals surface area contributed by atoms with Gasteiger partial charge in [0.15, 0.2) is 11.5 Å². The van der Waals surface area contributed by atoms with E-state index in [1.54, 1.807) is 12.1 Å². The van der Waals surface area contributed by atoms with E-state index in [1.807, 2.05) is 11.8 Å². The molecule has 0 radical (unpaired) electrons. The highest BCUT2D eigenvalue weighted by molar-refractivity contribution is 7.99. The highest BCUT2D eigenvalue weighted by atomic mass is 32.2. The van der Waals surface area contributed by atoms with Gasteiger partial charge in [-0.3, -0.25) is 10.00 Å². The molecule has 1 atom stereocenters. The van der Waals surface area contributed by atoms with Crippen LogP contribution in [0.5, 0.6) is 11.5 Å². The third kappa shape index (κ3) is 2.67. The highest BCUT2D eigenvalue weighted by Crippen LogP contribution is 2.43. The number of hydrogen-bond donors (Lipinski definition) is 1. The third-order valence-corrected chi connectivity index (χ3v) is 6.20. The maximum atomic E-state index is 13.2. The van der Waals surface area contributed by atoms with Crippen molar-refractivity contribution in [2.24, 2.45) is 0 Å². The van der Waals surface area contributed by atoms with E-state index in [2.05, 4.69) is 24.6 Å². The molecule has 1 aromatic carbocycles. The van der Waals surface area contributed by atoms with Gasteiger partial charge < -0.3 is 9.47 Å². The van der Waals surface area contributed by atoms with E-state index in [0.717, 1.165) is 42.0 Å². The van der Waals surface area contributed by atoms with Crippen LogP contribution in [0.15, 0.2) is 18.2 Å². The van der Waals surface area contributed by atoms with Gasteiger partial charge in [-0.1, -0.05) is 0 Å². The predicted molar refractivity (Wildman–Crippen MR) is 90.1 cm³/mol. The van der Waals surface area contributed by atoms with Gasteiger partial charge in [0.25, 0.3) is 0 Å². The fraction of sp³-hybridized carbons (Fsp3) is 0.471. The number of H-pyrrole nitrogens is 1. The topological polar surface area (TPSA) is 50.4 Å². The minimum Gasteiger partial charge on any atom is -0.395 e. The molecule has 0 aliphatic carbocycles. The van der Waals surface area contributed by atoms with E-state index in [0.29, 0.717) is 6.04 Å². The van der Waals surface area contributed by atoms with Crippen LogP contribution in [0, 0.1) is 0 Å². The molecule has 0 saturated carbocycles. The second-order valence-corrected chi connectivity index (χ2v) is 7.75. The molecule has 4 heterocycles. The summed E-state index contributed by atoms with van der Waals surface area (Å²) >= 11 is 2.01. The summed E-state index contributed by atoms with van der Waals surface area (Å²) in [5, 5.41) is 7.57. The number of aromatic nitrogens is 2. The van der Waals surface area contributed by atoms with E-state index in [1.165, 1.54) is 24.0 Å². The zero-order valence-electron chi connectivity index (χ0n) is 13.4. The fourth-order valence-corrected chi connectivity index (χ4v) is 5.03. The number of aromatic amines is 1. The number of thioether (sulfide) groups is 1. The zero-order valence-corrected chi connectivity index (χ0v) is 14.2. The molecule has 1 aromatic heterocycles. The quantitative estimate of drug-likeness (QED) is 0.885. The van der Waals surface area contributed by atoms with Crippen LogP contribution in [-0.4, -0.2) is 45.5 Å². The molecule has 1 saturated heterocycles. The van der Waals surface area contributed by atoms with Crippen molar-refractivity contribution in [2.45, 2.75) is 31.7 Å². The van der Waals surface area contributed by atoms with Crippen LogP contribution in [0.1, 0.15) is 17.7 Å². The maximum absolute atomic E-state index is 13.2. The number of rotatable bonds is 2. The number of hydrogen-bond acceptors (Lipinski definition) is 5. The molecular weight excluding hydrogens is 348 g/mol. The number of alkyl halides is 2. The molecule has 0 bridgehead atoms. The van der Waals surface area contributed by atoms with Gasteiger partial charge in [-0.05, 0) is 30.4 Å². The van der Waals surface area contributed by atoms with E-state index < -0.39 is 6.29 Å². The van der Waals surface area contributed by atoms with Gasteiger partial charge in [0.2, 0.25) is 0 Å². The first-order chi connectivity index (χ1) is 12.1. The van der Waals surface area contributed by atoms with Crippen molar-refractivity contribution < 1.29 is 18.3 Å². The van der Waals surface area contributed by atoms with Crippen LogP contribution in [0.4, 0.5) is 8.78 Å². The predicted octanol–water partition coefficient (Wildman–Crippen LogP) is 3.26. The summed E-state index contributed by atoms with van der Waals surface area (Å²) in [5.41, 5.74) is 3.88. The number of fused-ring (bicyclic) bond motifs is 2. The molecule has 25 heavy (non-hydrogen) atoms. The van der Waals surface area contributed by atoms with E-state index in [-0.39, 0.29) is 11.5 Å². The Labute approximate surface area is 147 Å². The molecule has 5 rings (SSSR count). The molecule has 1 N–H and O–H groups in total. The first-order valence-corrected chi connectivity index (χ1v) is 9.53. The molecular formula is C17H17F2N3O2S. The second kappa shape index (κ2) is 5.60. The van der Waals surface area contributed by atoms with Crippen molar-refractivity contribution in [3.8, 4) is 22.8 Å². The van der Waals surface area contributed by atoms with Crippen LogP contribution in [0.2, 0.25) is 0 Å². The van der Waals surface area contributed by atoms with Gasteiger partial charge in [0.1, 0.15) is 0 Å². The van der Waals surface area contributed by atoms with Gasteiger partial charge in [-0.25, -0.2) is 0 Å². The largest absolute Gasteiger partial charge is 0.586 e. The average molecular weight is 365 g/mol. The first-order valence-electron chi connectivity index (χ1n) is 8.37. The molecule has 132 valence electrons. The summed E-state index contributed by atoms with van der Waals surface area (Å²) in [6.45, 7) is 1.88.